The lowest BCUT2D eigenvalue weighted by atomic mass is 9.81. The molecule has 1 saturated heterocycles. The second-order valence-corrected chi connectivity index (χ2v) is 10.5. The van der Waals surface area contributed by atoms with Crippen molar-refractivity contribution >= 4 is 50.7 Å². The number of carbonyl (C=O) groups is 3. The molecular formula is C23H24ClN3O5S. The molecule has 0 aromatic heterocycles. The summed E-state index contributed by atoms with van der Waals surface area (Å²) in [5.74, 6) is -1.80. The third-order valence-corrected chi connectivity index (χ3v) is 7.87. The summed E-state index contributed by atoms with van der Waals surface area (Å²) in [5, 5.41) is 3.09. The smallest absolute Gasteiger partial charge is 0.262 e. The first-order valence-electron chi connectivity index (χ1n) is 10.7. The van der Waals surface area contributed by atoms with E-state index < -0.39 is 15.9 Å². The minimum atomic E-state index is -3.93. The van der Waals surface area contributed by atoms with Crippen molar-refractivity contribution in [2.24, 2.45) is 11.8 Å². The van der Waals surface area contributed by atoms with Crippen molar-refractivity contribution in [1.82, 2.24) is 4.90 Å². The zero-order valence-electron chi connectivity index (χ0n) is 18.0. The van der Waals surface area contributed by atoms with Crippen LogP contribution in [0.1, 0.15) is 31.2 Å². The number of nitrogens with one attached hydrogen (secondary N) is 2. The first-order chi connectivity index (χ1) is 15.7. The van der Waals surface area contributed by atoms with Gasteiger partial charge in [0.2, 0.25) is 17.7 Å². The molecule has 2 N–H and O–H groups in total. The van der Waals surface area contributed by atoms with E-state index in [-0.39, 0.29) is 40.8 Å². The summed E-state index contributed by atoms with van der Waals surface area (Å²) in [4.78, 5) is 38.8. The first kappa shape index (κ1) is 23.3. The van der Waals surface area contributed by atoms with E-state index in [1.54, 1.807) is 43.3 Å². The largest absolute Gasteiger partial charge is 0.324 e. The fraction of sp³-hybridized carbons (Fsp3) is 0.348. The summed E-state index contributed by atoms with van der Waals surface area (Å²) < 4.78 is 28.3. The van der Waals surface area contributed by atoms with Gasteiger partial charge < -0.3 is 5.32 Å². The Kier molecular flexibility index (Phi) is 6.45. The van der Waals surface area contributed by atoms with Crippen molar-refractivity contribution in [3.63, 3.8) is 0 Å². The van der Waals surface area contributed by atoms with Gasteiger partial charge in [-0.2, -0.15) is 0 Å². The molecule has 0 spiro atoms. The molecule has 2 fully saturated rings. The summed E-state index contributed by atoms with van der Waals surface area (Å²) in [7, 11) is -3.93. The third-order valence-electron chi connectivity index (χ3n) is 6.09. The molecule has 2 atom stereocenters. The van der Waals surface area contributed by atoms with Crippen molar-refractivity contribution in [1.29, 1.82) is 0 Å². The van der Waals surface area contributed by atoms with Gasteiger partial charge in [-0.25, -0.2) is 8.42 Å². The molecule has 3 amide bonds. The zero-order valence-corrected chi connectivity index (χ0v) is 19.6. The van der Waals surface area contributed by atoms with Gasteiger partial charge in [0.05, 0.1) is 16.7 Å². The minimum Gasteiger partial charge on any atom is -0.324 e. The van der Waals surface area contributed by atoms with Crippen molar-refractivity contribution in [3.8, 4) is 0 Å². The number of fused-ring (bicyclic) bond motifs is 1. The van der Waals surface area contributed by atoms with Crippen molar-refractivity contribution in [2.45, 2.75) is 37.5 Å². The van der Waals surface area contributed by atoms with Gasteiger partial charge in [0, 0.05) is 16.4 Å². The Labute approximate surface area is 197 Å². The molecular weight excluding hydrogens is 466 g/mol. The van der Waals surface area contributed by atoms with Crippen LogP contribution in [0.5, 0.6) is 0 Å². The second-order valence-electron chi connectivity index (χ2n) is 8.40. The number of amides is 3. The van der Waals surface area contributed by atoms with Gasteiger partial charge >= 0.3 is 0 Å². The predicted octanol–water partition coefficient (Wildman–Crippen LogP) is 3.56. The number of carbonyl (C=O) groups excluding carboxylic acids is 3. The minimum absolute atomic E-state index is 0.00500. The Bertz CT molecular complexity index is 1190. The van der Waals surface area contributed by atoms with E-state index in [1.165, 1.54) is 6.07 Å². The van der Waals surface area contributed by atoms with Crippen LogP contribution in [0.4, 0.5) is 11.4 Å². The van der Waals surface area contributed by atoms with Gasteiger partial charge in [0.15, 0.2) is 0 Å². The Morgan fingerprint density at radius 2 is 1.58 bits per heavy atom. The highest BCUT2D eigenvalue weighted by Crippen LogP contribution is 2.37. The molecule has 1 saturated carbocycles. The van der Waals surface area contributed by atoms with Gasteiger partial charge in [0.1, 0.15) is 6.54 Å². The Morgan fingerprint density at radius 1 is 1.00 bits per heavy atom. The topological polar surface area (TPSA) is 113 Å². The molecule has 1 aliphatic heterocycles. The van der Waals surface area contributed by atoms with Crippen LogP contribution < -0.4 is 10.0 Å². The van der Waals surface area contributed by atoms with Crippen LogP contribution in [0.15, 0.2) is 47.4 Å². The van der Waals surface area contributed by atoms with E-state index in [0.29, 0.717) is 29.1 Å². The molecule has 2 aromatic carbocycles. The quantitative estimate of drug-likeness (QED) is 0.602. The fourth-order valence-corrected chi connectivity index (χ4v) is 5.88. The summed E-state index contributed by atoms with van der Waals surface area (Å²) in [6.45, 7) is 1.26. The molecule has 174 valence electrons. The molecule has 10 heteroatoms. The van der Waals surface area contributed by atoms with Crippen LogP contribution in [0.25, 0.3) is 0 Å². The maximum absolute atomic E-state index is 12.9. The average molecular weight is 490 g/mol. The van der Waals surface area contributed by atoms with E-state index in [2.05, 4.69) is 10.0 Å². The standard InChI is InChI=1S/C23H24ClN3O5S/c1-14-6-9-17(12-20(14)33(31,32)26-16-10-7-15(24)8-11-16)25-21(28)13-27-22(29)18-4-2-3-5-19(18)23(27)30/h6-12,18-19,26H,2-5,13H2,1H3,(H,25,28). The SMILES string of the molecule is Cc1ccc(NC(=O)CN2C(=O)C3CCCCC3C2=O)cc1S(=O)(=O)Nc1ccc(Cl)cc1. The number of benzene rings is 2. The number of rotatable bonds is 6. The molecule has 2 aliphatic rings. The molecule has 2 aromatic rings. The highest BCUT2D eigenvalue weighted by Gasteiger charge is 2.48. The highest BCUT2D eigenvalue weighted by atomic mass is 35.5. The van der Waals surface area contributed by atoms with Crippen LogP contribution in [0, 0.1) is 18.8 Å². The van der Waals surface area contributed by atoms with Gasteiger partial charge in [0.25, 0.3) is 10.0 Å². The van der Waals surface area contributed by atoms with Crippen molar-refractivity contribution in [3.05, 3.63) is 53.1 Å². The number of hydrogen-bond donors (Lipinski definition) is 2. The summed E-state index contributed by atoms with van der Waals surface area (Å²) in [6.07, 6.45) is 3.16. The van der Waals surface area contributed by atoms with Crippen molar-refractivity contribution in [2.75, 3.05) is 16.6 Å². The van der Waals surface area contributed by atoms with Crippen LogP contribution in [-0.4, -0.2) is 37.6 Å². The van der Waals surface area contributed by atoms with Crippen LogP contribution in [0.2, 0.25) is 5.02 Å². The monoisotopic (exact) mass is 489 g/mol. The first-order valence-corrected chi connectivity index (χ1v) is 12.6. The number of nitrogens with zero attached hydrogens (tertiary/aromatic N) is 1. The summed E-state index contributed by atoms with van der Waals surface area (Å²) in [5.41, 5.74) is 1.09. The van der Waals surface area contributed by atoms with Crippen LogP contribution in [-0.2, 0) is 24.4 Å². The summed E-state index contributed by atoms with van der Waals surface area (Å²) in [6, 6.07) is 10.7. The van der Waals surface area contributed by atoms with E-state index in [4.69, 9.17) is 11.6 Å². The van der Waals surface area contributed by atoms with Gasteiger partial charge in [-0.3, -0.25) is 24.0 Å². The molecule has 1 heterocycles. The number of hydrogen-bond acceptors (Lipinski definition) is 5. The van der Waals surface area contributed by atoms with Crippen LogP contribution >= 0.6 is 11.6 Å². The number of aryl methyl sites for hydroxylation is 1. The molecule has 1 aliphatic carbocycles. The van der Waals surface area contributed by atoms with Gasteiger partial charge in [-0.05, 0) is 61.7 Å². The maximum atomic E-state index is 12.9. The Hall–Kier alpha value is -2.91. The Balaban J connectivity index is 1.47. The number of halogens is 1. The zero-order chi connectivity index (χ0) is 23.8. The summed E-state index contributed by atoms with van der Waals surface area (Å²) >= 11 is 5.85. The predicted molar refractivity (Wildman–Crippen MR) is 124 cm³/mol. The third kappa shape index (κ3) is 4.89. The van der Waals surface area contributed by atoms with E-state index in [1.807, 2.05) is 0 Å². The van der Waals surface area contributed by atoms with E-state index in [0.717, 1.165) is 17.7 Å². The average Bonchev–Trinajstić information content (AvgIpc) is 3.01. The van der Waals surface area contributed by atoms with E-state index in [9.17, 15) is 22.8 Å². The number of sulfonamides is 1. The fourth-order valence-electron chi connectivity index (χ4n) is 4.43. The van der Waals surface area contributed by atoms with Crippen molar-refractivity contribution < 1.29 is 22.8 Å². The Morgan fingerprint density at radius 3 is 2.18 bits per heavy atom. The number of imide groups is 1. The highest BCUT2D eigenvalue weighted by molar-refractivity contribution is 7.92. The lowest BCUT2D eigenvalue weighted by Gasteiger charge is -2.19. The molecule has 8 nitrogen and oxygen atoms in total. The van der Waals surface area contributed by atoms with Crippen LogP contribution in [0.3, 0.4) is 0 Å². The lowest BCUT2D eigenvalue weighted by Crippen LogP contribution is -2.38. The molecule has 2 unspecified atom stereocenters. The van der Waals surface area contributed by atoms with E-state index >= 15 is 0 Å². The molecule has 33 heavy (non-hydrogen) atoms. The number of anilines is 2. The second kappa shape index (κ2) is 9.15. The normalized spacial score (nSPS) is 20.5. The number of likely N-dealkylation sites (tertiary alicyclic amines) is 1. The maximum Gasteiger partial charge on any atom is 0.262 e. The van der Waals surface area contributed by atoms with Gasteiger partial charge in [-0.15, -0.1) is 0 Å². The van der Waals surface area contributed by atoms with Gasteiger partial charge in [-0.1, -0.05) is 30.5 Å². The molecule has 0 bridgehead atoms. The molecule has 4 rings (SSSR count). The lowest BCUT2D eigenvalue weighted by molar-refractivity contribution is -0.142. The molecule has 0 radical (unpaired) electrons.